The number of alkyl halides is 1. The quantitative estimate of drug-likeness (QED) is 0.700. The molecule has 21 heavy (non-hydrogen) atoms. The monoisotopic (exact) mass is 319 g/mol. The normalized spacial score (nSPS) is 10.8. The van der Waals surface area contributed by atoms with E-state index in [1.54, 1.807) is 17.7 Å². The molecule has 0 aliphatic carbocycles. The van der Waals surface area contributed by atoms with Crippen molar-refractivity contribution in [2.75, 3.05) is 11.9 Å². The highest BCUT2D eigenvalue weighted by molar-refractivity contribution is 7.16. The topological polar surface area (TPSA) is 47.0 Å². The minimum Gasteiger partial charge on any atom is -0.494 e. The summed E-state index contributed by atoms with van der Waals surface area (Å²) in [6, 6.07) is 7.88. The Kier molecular flexibility index (Phi) is 4.22. The van der Waals surface area contributed by atoms with Gasteiger partial charge in [0.05, 0.1) is 17.9 Å². The van der Waals surface area contributed by atoms with Crippen molar-refractivity contribution < 1.29 is 4.74 Å². The number of thiophene rings is 1. The lowest BCUT2D eigenvalue weighted by Crippen LogP contribution is -1.98. The van der Waals surface area contributed by atoms with Gasteiger partial charge in [-0.1, -0.05) is 0 Å². The van der Waals surface area contributed by atoms with Crippen molar-refractivity contribution in [1.82, 2.24) is 9.97 Å². The van der Waals surface area contributed by atoms with E-state index in [0.29, 0.717) is 12.5 Å². The summed E-state index contributed by atoms with van der Waals surface area (Å²) >= 11 is 7.59. The lowest BCUT2D eigenvalue weighted by Gasteiger charge is -2.11. The summed E-state index contributed by atoms with van der Waals surface area (Å²) in [6.07, 6.45) is 1.57. The van der Waals surface area contributed by atoms with Crippen molar-refractivity contribution in [3.63, 3.8) is 0 Å². The van der Waals surface area contributed by atoms with E-state index in [2.05, 4.69) is 15.3 Å². The SMILES string of the molecule is CCOc1ccc(Nc2ncnc3sccc23)cc1CCl. The van der Waals surface area contributed by atoms with E-state index >= 15 is 0 Å². The number of hydrogen-bond acceptors (Lipinski definition) is 5. The van der Waals surface area contributed by atoms with Gasteiger partial charge in [0.15, 0.2) is 0 Å². The summed E-state index contributed by atoms with van der Waals surface area (Å²) in [6.45, 7) is 2.58. The molecule has 0 radical (unpaired) electrons. The third kappa shape index (κ3) is 2.94. The number of aromatic nitrogens is 2. The van der Waals surface area contributed by atoms with E-state index in [1.165, 1.54) is 0 Å². The summed E-state index contributed by atoms with van der Waals surface area (Å²) in [5.74, 6) is 2.02. The highest BCUT2D eigenvalue weighted by Gasteiger charge is 2.08. The molecule has 0 amide bonds. The Morgan fingerprint density at radius 1 is 1.29 bits per heavy atom. The van der Waals surface area contributed by atoms with Gasteiger partial charge in [-0.25, -0.2) is 9.97 Å². The number of nitrogens with zero attached hydrogens (tertiary/aromatic N) is 2. The van der Waals surface area contributed by atoms with E-state index in [0.717, 1.165) is 33.0 Å². The maximum absolute atomic E-state index is 5.99. The van der Waals surface area contributed by atoms with Gasteiger partial charge in [0.25, 0.3) is 0 Å². The number of rotatable bonds is 5. The van der Waals surface area contributed by atoms with Crippen molar-refractivity contribution >= 4 is 44.7 Å². The minimum atomic E-state index is 0.405. The molecule has 0 aliphatic heterocycles. The number of ether oxygens (including phenoxy) is 1. The first-order valence-corrected chi connectivity index (χ1v) is 8.00. The summed E-state index contributed by atoms with van der Waals surface area (Å²) in [4.78, 5) is 9.52. The first kappa shape index (κ1) is 14.1. The van der Waals surface area contributed by atoms with Crippen molar-refractivity contribution in [3.05, 3.63) is 41.5 Å². The molecule has 2 aromatic heterocycles. The standard InChI is InChI=1S/C15H14ClN3OS/c1-2-20-13-4-3-11(7-10(13)8-16)19-14-12-5-6-21-15(12)18-9-17-14/h3-7,9H,2,8H2,1H3,(H,17,18,19). The van der Waals surface area contributed by atoms with E-state index in [9.17, 15) is 0 Å². The molecule has 0 spiro atoms. The zero-order valence-electron chi connectivity index (χ0n) is 11.5. The Hall–Kier alpha value is -1.85. The summed E-state index contributed by atoms with van der Waals surface area (Å²) in [7, 11) is 0. The molecule has 6 heteroatoms. The van der Waals surface area contributed by atoms with Gasteiger partial charge in [-0.2, -0.15) is 0 Å². The fourth-order valence-corrected chi connectivity index (χ4v) is 3.03. The molecule has 1 N–H and O–H groups in total. The number of halogens is 1. The molecule has 0 atom stereocenters. The number of fused-ring (bicyclic) bond motifs is 1. The van der Waals surface area contributed by atoms with E-state index in [-0.39, 0.29) is 0 Å². The fraction of sp³-hybridized carbons (Fsp3) is 0.200. The van der Waals surface area contributed by atoms with Gasteiger partial charge in [0.2, 0.25) is 0 Å². The molecule has 0 saturated heterocycles. The molecular formula is C15H14ClN3OS. The maximum Gasteiger partial charge on any atom is 0.142 e. The number of nitrogens with one attached hydrogen (secondary N) is 1. The van der Waals surface area contributed by atoms with Crippen LogP contribution in [0.4, 0.5) is 11.5 Å². The van der Waals surface area contributed by atoms with Crippen LogP contribution in [0.1, 0.15) is 12.5 Å². The zero-order valence-corrected chi connectivity index (χ0v) is 13.0. The lowest BCUT2D eigenvalue weighted by molar-refractivity contribution is 0.337. The third-order valence-corrected chi connectivity index (χ3v) is 4.14. The van der Waals surface area contributed by atoms with Crippen LogP contribution in [0, 0.1) is 0 Å². The van der Waals surface area contributed by atoms with Gasteiger partial charge in [0.1, 0.15) is 22.7 Å². The van der Waals surface area contributed by atoms with Gasteiger partial charge in [0, 0.05) is 11.3 Å². The Morgan fingerprint density at radius 2 is 2.19 bits per heavy atom. The predicted octanol–water partition coefficient (Wildman–Crippen LogP) is 4.57. The van der Waals surface area contributed by atoms with Crippen molar-refractivity contribution in [3.8, 4) is 5.75 Å². The summed E-state index contributed by atoms with van der Waals surface area (Å²) in [5, 5.41) is 6.34. The van der Waals surface area contributed by atoms with Gasteiger partial charge in [-0.3, -0.25) is 0 Å². The van der Waals surface area contributed by atoms with Crippen LogP contribution >= 0.6 is 22.9 Å². The van der Waals surface area contributed by atoms with E-state index in [1.807, 2.05) is 36.6 Å². The molecule has 3 rings (SSSR count). The molecule has 3 aromatic rings. The van der Waals surface area contributed by atoms with Crippen LogP contribution in [0.25, 0.3) is 10.2 Å². The van der Waals surface area contributed by atoms with Crippen LogP contribution in [0.15, 0.2) is 36.0 Å². The molecule has 0 bridgehead atoms. The number of hydrogen-bond donors (Lipinski definition) is 1. The van der Waals surface area contributed by atoms with Crippen LogP contribution in [-0.4, -0.2) is 16.6 Å². The molecule has 4 nitrogen and oxygen atoms in total. The van der Waals surface area contributed by atoms with Crippen LogP contribution in [0.5, 0.6) is 5.75 Å². The second-order valence-corrected chi connectivity index (χ2v) is 5.54. The first-order valence-electron chi connectivity index (χ1n) is 6.58. The van der Waals surface area contributed by atoms with Gasteiger partial charge < -0.3 is 10.1 Å². The Bertz CT molecular complexity index is 760. The second kappa shape index (κ2) is 6.28. The highest BCUT2D eigenvalue weighted by atomic mass is 35.5. The van der Waals surface area contributed by atoms with Crippen LogP contribution < -0.4 is 10.1 Å². The molecular weight excluding hydrogens is 306 g/mol. The minimum absolute atomic E-state index is 0.405. The number of benzene rings is 1. The first-order chi connectivity index (χ1) is 10.3. The van der Waals surface area contributed by atoms with Crippen LogP contribution in [0.3, 0.4) is 0 Å². The van der Waals surface area contributed by atoms with Gasteiger partial charge >= 0.3 is 0 Å². The van der Waals surface area contributed by atoms with E-state index < -0.39 is 0 Å². The molecule has 0 aliphatic rings. The predicted molar refractivity (Wildman–Crippen MR) is 87.9 cm³/mol. The summed E-state index contributed by atoms with van der Waals surface area (Å²) < 4.78 is 5.55. The maximum atomic E-state index is 5.99. The van der Waals surface area contributed by atoms with Crippen molar-refractivity contribution in [1.29, 1.82) is 0 Å². The fourth-order valence-electron chi connectivity index (χ4n) is 2.08. The highest BCUT2D eigenvalue weighted by Crippen LogP contribution is 2.29. The van der Waals surface area contributed by atoms with E-state index in [4.69, 9.17) is 16.3 Å². The average Bonchev–Trinajstić information content (AvgIpc) is 2.98. The average molecular weight is 320 g/mol. The van der Waals surface area contributed by atoms with Gasteiger partial charge in [-0.15, -0.1) is 22.9 Å². The number of anilines is 2. The molecule has 108 valence electrons. The Balaban J connectivity index is 1.92. The second-order valence-electron chi connectivity index (χ2n) is 4.38. The Labute approximate surface area is 131 Å². The van der Waals surface area contributed by atoms with Crippen LogP contribution in [0.2, 0.25) is 0 Å². The molecule has 2 heterocycles. The third-order valence-electron chi connectivity index (χ3n) is 3.03. The lowest BCUT2D eigenvalue weighted by atomic mass is 10.2. The van der Waals surface area contributed by atoms with Crippen molar-refractivity contribution in [2.45, 2.75) is 12.8 Å². The molecule has 1 aromatic carbocycles. The molecule has 0 unspecified atom stereocenters. The smallest absolute Gasteiger partial charge is 0.142 e. The van der Waals surface area contributed by atoms with Crippen molar-refractivity contribution in [2.24, 2.45) is 0 Å². The summed E-state index contributed by atoms with van der Waals surface area (Å²) in [5.41, 5.74) is 1.89. The Morgan fingerprint density at radius 3 is 3.00 bits per heavy atom. The van der Waals surface area contributed by atoms with Gasteiger partial charge in [-0.05, 0) is 36.6 Å². The molecule has 0 saturated carbocycles. The molecule has 0 fully saturated rings. The van der Waals surface area contributed by atoms with Crippen LogP contribution in [-0.2, 0) is 5.88 Å². The largest absolute Gasteiger partial charge is 0.494 e. The zero-order chi connectivity index (χ0) is 14.7.